The maximum Gasteiger partial charge on any atom is 0.243 e. The minimum Gasteiger partial charge on any atom is -0.398 e. The number of nitrogen functional groups attached to an aromatic ring is 1. The molecule has 4 nitrogen and oxygen atoms in total. The molecule has 0 heterocycles. The molecule has 0 saturated carbocycles. The molecule has 0 radical (unpaired) electrons. The number of sulfonamides is 1. The highest BCUT2D eigenvalue weighted by Crippen LogP contribution is 2.21. The van der Waals surface area contributed by atoms with Gasteiger partial charge in [-0.2, -0.15) is 0 Å². The fraction of sp³-hybridized carbons (Fsp3) is 0.200. The van der Waals surface area contributed by atoms with Crippen LogP contribution in [0.1, 0.15) is 5.56 Å². The Kier molecular flexibility index (Phi) is 3.49. The van der Waals surface area contributed by atoms with Gasteiger partial charge in [-0.05, 0) is 18.6 Å². The summed E-state index contributed by atoms with van der Waals surface area (Å²) in [5.74, 6) is 0. The zero-order chi connectivity index (χ0) is 11.5. The topological polar surface area (TPSA) is 72.2 Å². The van der Waals surface area contributed by atoms with E-state index in [4.69, 9.17) is 5.73 Å². The molecule has 0 aliphatic heterocycles. The van der Waals surface area contributed by atoms with Gasteiger partial charge < -0.3 is 5.73 Å². The Morgan fingerprint density at radius 3 is 2.73 bits per heavy atom. The predicted molar refractivity (Wildman–Crippen MR) is 61.0 cm³/mol. The van der Waals surface area contributed by atoms with Crippen LogP contribution in [0.3, 0.4) is 0 Å². The first-order chi connectivity index (χ1) is 6.99. The third kappa shape index (κ3) is 2.57. The van der Waals surface area contributed by atoms with Gasteiger partial charge in [-0.1, -0.05) is 18.2 Å². The van der Waals surface area contributed by atoms with E-state index in [0.29, 0.717) is 5.56 Å². The van der Waals surface area contributed by atoms with Gasteiger partial charge in [-0.3, -0.25) is 0 Å². The molecule has 0 amide bonds. The van der Waals surface area contributed by atoms with Crippen molar-refractivity contribution in [2.45, 2.75) is 11.8 Å². The van der Waals surface area contributed by atoms with E-state index in [-0.39, 0.29) is 17.1 Å². The quantitative estimate of drug-likeness (QED) is 0.595. The molecule has 15 heavy (non-hydrogen) atoms. The molecule has 82 valence electrons. The molecule has 0 aromatic heterocycles. The predicted octanol–water partition coefficient (Wildman–Crippen LogP) is 1.04. The van der Waals surface area contributed by atoms with Crippen LogP contribution in [0.2, 0.25) is 0 Å². The van der Waals surface area contributed by atoms with Crippen molar-refractivity contribution >= 4 is 15.7 Å². The van der Waals surface area contributed by atoms with Crippen LogP contribution in [-0.4, -0.2) is 15.0 Å². The number of hydrogen-bond donors (Lipinski definition) is 2. The van der Waals surface area contributed by atoms with E-state index in [2.05, 4.69) is 11.3 Å². The number of nitrogens with one attached hydrogen (secondary N) is 1. The van der Waals surface area contributed by atoms with Crippen molar-refractivity contribution in [3.05, 3.63) is 36.4 Å². The van der Waals surface area contributed by atoms with Crippen LogP contribution in [0.4, 0.5) is 5.69 Å². The average molecular weight is 226 g/mol. The second-order valence-corrected chi connectivity index (χ2v) is 4.84. The molecule has 0 spiro atoms. The van der Waals surface area contributed by atoms with Crippen molar-refractivity contribution in [1.82, 2.24) is 4.72 Å². The summed E-state index contributed by atoms with van der Waals surface area (Å²) in [6, 6.07) is 4.99. The average Bonchev–Trinajstić information content (AvgIpc) is 2.14. The molecular weight excluding hydrogens is 212 g/mol. The zero-order valence-electron chi connectivity index (χ0n) is 8.53. The van der Waals surface area contributed by atoms with Crippen molar-refractivity contribution in [2.24, 2.45) is 0 Å². The van der Waals surface area contributed by atoms with Crippen molar-refractivity contribution in [1.29, 1.82) is 0 Å². The number of rotatable bonds is 4. The van der Waals surface area contributed by atoms with Gasteiger partial charge in [0.1, 0.15) is 4.90 Å². The van der Waals surface area contributed by atoms with E-state index in [1.165, 1.54) is 6.08 Å². The van der Waals surface area contributed by atoms with Gasteiger partial charge in [0.25, 0.3) is 0 Å². The van der Waals surface area contributed by atoms with Gasteiger partial charge >= 0.3 is 0 Å². The molecule has 3 N–H and O–H groups in total. The molecule has 1 aromatic carbocycles. The Morgan fingerprint density at radius 2 is 2.20 bits per heavy atom. The summed E-state index contributed by atoms with van der Waals surface area (Å²) < 4.78 is 26.0. The SMILES string of the molecule is C=CCNS(=O)(=O)c1c(C)cccc1N. The Balaban J connectivity index is 3.21. The summed E-state index contributed by atoms with van der Waals surface area (Å²) >= 11 is 0. The van der Waals surface area contributed by atoms with Crippen LogP contribution >= 0.6 is 0 Å². The number of anilines is 1. The first-order valence-corrected chi connectivity index (χ1v) is 5.93. The molecular formula is C10H14N2O2S. The smallest absolute Gasteiger partial charge is 0.243 e. The lowest BCUT2D eigenvalue weighted by molar-refractivity contribution is 0.585. The highest BCUT2D eigenvalue weighted by atomic mass is 32.2. The van der Waals surface area contributed by atoms with Crippen molar-refractivity contribution in [3.63, 3.8) is 0 Å². The summed E-state index contributed by atoms with van der Waals surface area (Å²) in [5, 5.41) is 0. The van der Waals surface area contributed by atoms with E-state index < -0.39 is 10.0 Å². The number of nitrogens with two attached hydrogens (primary N) is 1. The van der Waals surface area contributed by atoms with E-state index in [0.717, 1.165) is 0 Å². The summed E-state index contributed by atoms with van der Waals surface area (Å²) in [5.41, 5.74) is 6.52. The Morgan fingerprint density at radius 1 is 1.53 bits per heavy atom. The largest absolute Gasteiger partial charge is 0.398 e. The second-order valence-electron chi connectivity index (χ2n) is 3.13. The number of hydrogen-bond acceptors (Lipinski definition) is 3. The Labute approximate surface area is 89.9 Å². The molecule has 0 fully saturated rings. The first-order valence-electron chi connectivity index (χ1n) is 4.44. The monoisotopic (exact) mass is 226 g/mol. The highest BCUT2D eigenvalue weighted by Gasteiger charge is 2.18. The summed E-state index contributed by atoms with van der Waals surface area (Å²) in [4.78, 5) is 0.145. The molecule has 0 bridgehead atoms. The lowest BCUT2D eigenvalue weighted by Gasteiger charge is -2.10. The minimum absolute atomic E-state index is 0.145. The minimum atomic E-state index is -3.53. The van der Waals surface area contributed by atoms with Gasteiger partial charge in [-0.25, -0.2) is 13.1 Å². The number of aryl methyl sites for hydroxylation is 1. The maximum atomic E-state index is 11.8. The molecule has 5 heteroatoms. The number of benzene rings is 1. The van der Waals surface area contributed by atoms with Gasteiger partial charge in [-0.15, -0.1) is 6.58 Å². The first kappa shape index (κ1) is 11.7. The summed E-state index contributed by atoms with van der Waals surface area (Å²) in [6.45, 7) is 5.34. The van der Waals surface area contributed by atoms with E-state index in [9.17, 15) is 8.42 Å². The van der Waals surface area contributed by atoms with Crippen LogP contribution in [0.25, 0.3) is 0 Å². The molecule has 0 aliphatic carbocycles. The van der Waals surface area contributed by atoms with Crippen LogP contribution in [0.5, 0.6) is 0 Å². The fourth-order valence-corrected chi connectivity index (χ4v) is 2.63. The molecule has 0 saturated heterocycles. The van der Waals surface area contributed by atoms with Crippen molar-refractivity contribution in [3.8, 4) is 0 Å². The lowest BCUT2D eigenvalue weighted by atomic mass is 10.2. The fourth-order valence-electron chi connectivity index (χ4n) is 1.28. The summed E-state index contributed by atoms with van der Waals surface area (Å²) in [7, 11) is -3.53. The molecule has 0 unspecified atom stereocenters. The van der Waals surface area contributed by atoms with E-state index >= 15 is 0 Å². The van der Waals surface area contributed by atoms with Gasteiger partial charge in [0, 0.05) is 6.54 Å². The third-order valence-corrected chi connectivity index (χ3v) is 3.57. The highest BCUT2D eigenvalue weighted by molar-refractivity contribution is 7.89. The molecule has 0 atom stereocenters. The van der Waals surface area contributed by atoms with Crippen LogP contribution in [0, 0.1) is 6.92 Å². The Hall–Kier alpha value is -1.33. The van der Waals surface area contributed by atoms with Gasteiger partial charge in [0.15, 0.2) is 0 Å². The standard InChI is InChI=1S/C10H14N2O2S/c1-3-7-12-15(13,14)10-8(2)5-4-6-9(10)11/h3-6,12H,1,7,11H2,2H3. The third-order valence-electron chi connectivity index (χ3n) is 1.93. The van der Waals surface area contributed by atoms with E-state index in [1.54, 1.807) is 25.1 Å². The maximum absolute atomic E-state index is 11.8. The molecule has 0 aliphatic rings. The van der Waals surface area contributed by atoms with Crippen molar-refractivity contribution in [2.75, 3.05) is 12.3 Å². The lowest BCUT2D eigenvalue weighted by Crippen LogP contribution is -2.25. The molecule has 1 aromatic rings. The summed E-state index contributed by atoms with van der Waals surface area (Å²) in [6.07, 6.45) is 1.48. The van der Waals surface area contributed by atoms with Crippen LogP contribution in [-0.2, 0) is 10.0 Å². The van der Waals surface area contributed by atoms with Gasteiger partial charge in [0.2, 0.25) is 10.0 Å². The van der Waals surface area contributed by atoms with E-state index in [1.807, 2.05) is 0 Å². The van der Waals surface area contributed by atoms with Crippen LogP contribution in [0.15, 0.2) is 35.7 Å². The second kappa shape index (κ2) is 4.46. The normalized spacial score (nSPS) is 11.3. The van der Waals surface area contributed by atoms with Crippen molar-refractivity contribution < 1.29 is 8.42 Å². The van der Waals surface area contributed by atoms with Gasteiger partial charge in [0.05, 0.1) is 5.69 Å². The van der Waals surface area contributed by atoms with Crippen LogP contribution < -0.4 is 10.5 Å². The zero-order valence-corrected chi connectivity index (χ0v) is 9.34. The molecule has 1 rings (SSSR count). The Bertz CT molecular complexity index is 446.